The molecular formula is C8H19N3O. The van der Waals surface area contributed by atoms with Crippen molar-refractivity contribution in [2.24, 2.45) is 11.5 Å². The molecule has 0 saturated heterocycles. The minimum Gasteiger partial charge on any atom is -0.356 e. The average molecular weight is 173 g/mol. The number of nitrogens with one attached hydrogen (secondary N) is 1. The van der Waals surface area contributed by atoms with Crippen molar-refractivity contribution in [3.05, 3.63) is 0 Å². The van der Waals surface area contributed by atoms with Crippen molar-refractivity contribution in [3.8, 4) is 0 Å². The Kier molecular flexibility index (Phi) is 8.05. The smallest absolute Gasteiger partial charge is 0.207 e. The molecule has 4 heteroatoms. The quantitative estimate of drug-likeness (QED) is 0.436. The normalized spacial score (nSPS) is 10.2. The van der Waals surface area contributed by atoms with E-state index in [1.807, 2.05) is 0 Å². The van der Waals surface area contributed by atoms with E-state index in [2.05, 4.69) is 5.32 Å². The standard InChI is InChI=1S/C8H19N3O/c9-5-1-3-8(11-7-12)4-2-6-10/h7-8H,1-6,9-10H2,(H,11,12). The molecule has 0 aromatic rings. The van der Waals surface area contributed by atoms with E-state index in [-0.39, 0.29) is 6.04 Å². The number of carbonyl (C=O) groups excluding carboxylic acids is 1. The molecule has 0 aromatic heterocycles. The summed E-state index contributed by atoms with van der Waals surface area (Å²) in [7, 11) is 0. The van der Waals surface area contributed by atoms with Gasteiger partial charge in [-0.3, -0.25) is 4.79 Å². The molecule has 0 heterocycles. The molecule has 0 aromatic carbocycles. The monoisotopic (exact) mass is 173 g/mol. The lowest BCUT2D eigenvalue weighted by atomic mass is 10.1. The van der Waals surface area contributed by atoms with Crippen molar-refractivity contribution >= 4 is 6.41 Å². The summed E-state index contributed by atoms with van der Waals surface area (Å²) in [6, 6.07) is 0.259. The summed E-state index contributed by atoms with van der Waals surface area (Å²) in [4.78, 5) is 10.2. The Hall–Kier alpha value is -0.610. The topological polar surface area (TPSA) is 81.1 Å². The van der Waals surface area contributed by atoms with Crippen LogP contribution in [-0.4, -0.2) is 25.5 Å². The maximum Gasteiger partial charge on any atom is 0.207 e. The maximum atomic E-state index is 10.2. The van der Waals surface area contributed by atoms with Gasteiger partial charge in [0.2, 0.25) is 6.41 Å². The number of carbonyl (C=O) groups is 1. The van der Waals surface area contributed by atoms with Crippen LogP contribution in [0.1, 0.15) is 25.7 Å². The maximum absolute atomic E-state index is 10.2. The van der Waals surface area contributed by atoms with Crippen LogP contribution >= 0.6 is 0 Å². The lowest BCUT2D eigenvalue weighted by molar-refractivity contribution is -0.110. The summed E-state index contributed by atoms with van der Waals surface area (Å²) in [5.74, 6) is 0. The molecule has 5 N–H and O–H groups in total. The third-order valence-electron chi connectivity index (χ3n) is 1.82. The van der Waals surface area contributed by atoms with Crippen LogP contribution in [-0.2, 0) is 4.79 Å². The van der Waals surface area contributed by atoms with E-state index in [9.17, 15) is 4.79 Å². The predicted molar refractivity (Wildman–Crippen MR) is 49.6 cm³/mol. The lowest BCUT2D eigenvalue weighted by Gasteiger charge is -2.14. The third-order valence-corrected chi connectivity index (χ3v) is 1.82. The Balaban J connectivity index is 3.46. The minimum atomic E-state index is 0.259. The number of hydrogen-bond acceptors (Lipinski definition) is 3. The molecule has 12 heavy (non-hydrogen) atoms. The zero-order valence-electron chi connectivity index (χ0n) is 7.46. The Bertz CT molecular complexity index is 100. The molecule has 0 aliphatic rings. The van der Waals surface area contributed by atoms with Gasteiger partial charge in [0, 0.05) is 6.04 Å². The van der Waals surface area contributed by atoms with E-state index in [0.29, 0.717) is 13.1 Å². The number of rotatable bonds is 8. The summed E-state index contributed by atoms with van der Waals surface area (Å²) in [6.45, 7) is 1.36. The second-order valence-corrected chi connectivity index (χ2v) is 2.84. The molecule has 0 aliphatic carbocycles. The largest absolute Gasteiger partial charge is 0.356 e. The van der Waals surface area contributed by atoms with Crippen molar-refractivity contribution in [3.63, 3.8) is 0 Å². The zero-order chi connectivity index (χ0) is 9.23. The van der Waals surface area contributed by atoms with Gasteiger partial charge in [0.1, 0.15) is 0 Å². The number of amides is 1. The Morgan fingerprint density at radius 3 is 2.00 bits per heavy atom. The molecule has 0 spiro atoms. The number of nitrogens with two attached hydrogens (primary N) is 2. The van der Waals surface area contributed by atoms with E-state index in [0.717, 1.165) is 32.1 Å². The highest BCUT2D eigenvalue weighted by Crippen LogP contribution is 2.02. The molecule has 0 saturated carbocycles. The molecule has 0 atom stereocenters. The van der Waals surface area contributed by atoms with Gasteiger partial charge in [-0.15, -0.1) is 0 Å². The van der Waals surface area contributed by atoms with E-state index in [1.54, 1.807) is 0 Å². The molecule has 1 amide bonds. The van der Waals surface area contributed by atoms with Crippen LogP contribution in [0.5, 0.6) is 0 Å². The van der Waals surface area contributed by atoms with Crippen LogP contribution in [0.25, 0.3) is 0 Å². The lowest BCUT2D eigenvalue weighted by Crippen LogP contribution is -2.29. The highest BCUT2D eigenvalue weighted by atomic mass is 16.1. The van der Waals surface area contributed by atoms with Crippen LogP contribution in [0.3, 0.4) is 0 Å². The second kappa shape index (κ2) is 8.49. The van der Waals surface area contributed by atoms with E-state index in [4.69, 9.17) is 11.5 Å². The summed E-state index contributed by atoms with van der Waals surface area (Å²) in [5, 5.41) is 2.76. The summed E-state index contributed by atoms with van der Waals surface area (Å²) < 4.78 is 0. The number of hydrogen-bond donors (Lipinski definition) is 3. The van der Waals surface area contributed by atoms with Crippen molar-refractivity contribution < 1.29 is 4.79 Å². The molecule has 0 unspecified atom stereocenters. The first-order chi connectivity index (χ1) is 5.85. The summed E-state index contributed by atoms with van der Waals surface area (Å²) in [6.07, 6.45) is 4.56. The van der Waals surface area contributed by atoms with Gasteiger partial charge in [-0.2, -0.15) is 0 Å². The van der Waals surface area contributed by atoms with Crippen LogP contribution in [0, 0.1) is 0 Å². The molecule has 0 radical (unpaired) electrons. The second-order valence-electron chi connectivity index (χ2n) is 2.84. The molecule has 0 fully saturated rings. The SMILES string of the molecule is NCCCC(CCCN)NC=O. The fourth-order valence-electron chi connectivity index (χ4n) is 1.14. The van der Waals surface area contributed by atoms with Gasteiger partial charge in [-0.25, -0.2) is 0 Å². The minimum absolute atomic E-state index is 0.259. The summed E-state index contributed by atoms with van der Waals surface area (Å²) in [5.41, 5.74) is 10.7. The molecular weight excluding hydrogens is 154 g/mol. The van der Waals surface area contributed by atoms with Crippen LogP contribution in [0.15, 0.2) is 0 Å². The van der Waals surface area contributed by atoms with E-state index in [1.165, 1.54) is 0 Å². The predicted octanol–water partition coefficient (Wildman–Crippen LogP) is -0.421. The zero-order valence-corrected chi connectivity index (χ0v) is 7.46. The van der Waals surface area contributed by atoms with Gasteiger partial charge >= 0.3 is 0 Å². The Morgan fingerprint density at radius 1 is 1.17 bits per heavy atom. The third kappa shape index (κ3) is 6.12. The van der Waals surface area contributed by atoms with Gasteiger partial charge in [-0.05, 0) is 38.8 Å². The fraction of sp³-hybridized carbons (Fsp3) is 0.875. The highest BCUT2D eigenvalue weighted by molar-refractivity contribution is 5.46. The first-order valence-electron chi connectivity index (χ1n) is 4.45. The first-order valence-corrected chi connectivity index (χ1v) is 4.45. The van der Waals surface area contributed by atoms with Crippen LogP contribution in [0.2, 0.25) is 0 Å². The van der Waals surface area contributed by atoms with Crippen molar-refractivity contribution in [1.82, 2.24) is 5.32 Å². The van der Waals surface area contributed by atoms with Crippen LogP contribution < -0.4 is 16.8 Å². The first kappa shape index (κ1) is 11.4. The van der Waals surface area contributed by atoms with Gasteiger partial charge < -0.3 is 16.8 Å². The fourth-order valence-corrected chi connectivity index (χ4v) is 1.14. The molecule has 0 aliphatic heterocycles. The van der Waals surface area contributed by atoms with Gasteiger partial charge in [0.25, 0.3) is 0 Å². The Morgan fingerprint density at radius 2 is 1.67 bits per heavy atom. The molecule has 4 nitrogen and oxygen atoms in total. The van der Waals surface area contributed by atoms with E-state index >= 15 is 0 Å². The van der Waals surface area contributed by atoms with Gasteiger partial charge in [0.05, 0.1) is 0 Å². The van der Waals surface area contributed by atoms with Crippen molar-refractivity contribution in [2.75, 3.05) is 13.1 Å². The highest BCUT2D eigenvalue weighted by Gasteiger charge is 2.04. The van der Waals surface area contributed by atoms with Gasteiger partial charge in [0.15, 0.2) is 0 Å². The van der Waals surface area contributed by atoms with E-state index < -0.39 is 0 Å². The van der Waals surface area contributed by atoms with Crippen LogP contribution in [0.4, 0.5) is 0 Å². The molecule has 0 bridgehead atoms. The molecule has 0 rings (SSSR count). The summed E-state index contributed by atoms with van der Waals surface area (Å²) >= 11 is 0. The van der Waals surface area contributed by atoms with Crippen molar-refractivity contribution in [1.29, 1.82) is 0 Å². The Labute approximate surface area is 73.7 Å². The van der Waals surface area contributed by atoms with Crippen molar-refractivity contribution in [2.45, 2.75) is 31.7 Å². The molecule has 72 valence electrons. The van der Waals surface area contributed by atoms with Gasteiger partial charge in [-0.1, -0.05) is 0 Å². The average Bonchev–Trinajstić information content (AvgIpc) is 2.10.